The summed E-state index contributed by atoms with van der Waals surface area (Å²) >= 11 is 0. The van der Waals surface area contributed by atoms with Crippen LogP contribution in [0.25, 0.3) is 10.8 Å². The zero-order chi connectivity index (χ0) is 25.8. The molecular formula is C29H32N2O5. The number of rotatable bonds is 7. The molecule has 1 aliphatic heterocycles. The van der Waals surface area contributed by atoms with Gasteiger partial charge in [0.2, 0.25) is 0 Å². The van der Waals surface area contributed by atoms with E-state index in [1.54, 1.807) is 25.3 Å². The van der Waals surface area contributed by atoms with Crippen LogP contribution >= 0.6 is 0 Å². The number of nitrogens with one attached hydrogen (secondary N) is 1. The lowest BCUT2D eigenvalue weighted by Gasteiger charge is -2.36. The summed E-state index contributed by atoms with van der Waals surface area (Å²) in [5, 5.41) is 5.79. The molecule has 0 spiro atoms. The van der Waals surface area contributed by atoms with Gasteiger partial charge >= 0.3 is 6.09 Å². The molecule has 1 heterocycles. The second-order valence-corrected chi connectivity index (χ2v) is 8.59. The minimum absolute atomic E-state index is 0.0218. The molecule has 7 heteroatoms. The van der Waals surface area contributed by atoms with Gasteiger partial charge in [0, 0.05) is 17.8 Å². The van der Waals surface area contributed by atoms with Gasteiger partial charge in [0.25, 0.3) is 0 Å². The first kappa shape index (κ1) is 25.1. The number of amides is 1. The van der Waals surface area contributed by atoms with Gasteiger partial charge in [0.15, 0.2) is 17.3 Å². The first-order valence-corrected chi connectivity index (χ1v) is 12.2. The highest BCUT2D eigenvalue weighted by molar-refractivity contribution is 6.18. The highest BCUT2D eigenvalue weighted by Crippen LogP contribution is 2.41. The second-order valence-electron chi connectivity index (χ2n) is 8.59. The van der Waals surface area contributed by atoms with Crippen LogP contribution in [0.5, 0.6) is 11.5 Å². The average molecular weight is 489 g/mol. The predicted octanol–water partition coefficient (Wildman–Crippen LogP) is 6.03. The van der Waals surface area contributed by atoms with E-state index in [0.29, 0.717) is 28.3 Å². The number of fused-ring (bicyclic) bond motifs is 2. The third kappa shape index (κ3) is 4.49. The lowest BCUT2D eigenvalue weighted by atomic mass is 9.90. The van der Waals surface area contributed by atoms with E-state index in [2.05, 4.69) is 36.5 Å². The van der Waals surface area contributed by atoms with Crippen LogP contribution in [0, 0.1) is 0 Å². The summed E-state index contributed by atoms with van der Waals surface area (Å²) in [4.78, 5) is 28.2. The molecule has 0 aliphatic carbocycles. The SMILES string of the molecule is CCOC(=O)N1c2cc(OC)c(OC)cc2C(=O)C(=CNC(CC)c2cccc3ccccc23)C1C. The molecule has 3 aromatic carbocycles. The predicted molar refractivity (Wildman–Crippen MR) is 141 cm³/mol. The zero-order valence-electron chi connectivity index (χ0n) is 21.3. The third-order valence-electron chi connectivity index (χ3n) is 6.62. The summed E-state index contributed by atoms with van der Waals surface area (Å²) in [5.74, 6) is 0.662. The fourth-order valence-corrected chi connectivity index (χ4v) is 4.75. The number of hydrogen-bond donors (Lipinski definition) is 1. The van der Waals surface area contributed by atoms with E-state index in [-0.39, 0.29) is 18.4 Å². The molecule has 4 rings (SSSR count). The Morgan fingerprint density at radius 2 is 1.75 bits per heavy atom. The Bertz CT molecular complexity index is 1310. The summed E-state index contributed by atoms with van der Waals surface area (Å²) in [6.45, 7) is 5.89. The van der Waals surface area contributed by atoms with Crippen molar-refractivity contribution in [2.45, 2.75) is 39.3 Å². The van der Waals surface area contributed by atoms with Crippen LogP contribution in [0.2, 0.25) is 0 Å². The number of carbonyl (C=O) groups is 2. The normalized spacial score (nSPS) is 17.0. The highest BCUT2D eigenvalue weighted by atomic mass is 16.6. The van der Waals surface area contributed by atoms with E-state index in [9.17, 15) is 9.59 Å². The maximum Gasteiger partial charge on any atom is 0.414 e. The quantitative estimate of drug-likeness (QED) is 0.409. The van der Waals surface area contributed by atoms with Crippen LogP contribution in [0.15, 0.2) is 66.4 Å². The lowest BCUT2D eigenvalue weighted by Crippen LogP contribution is -2.46. The molecule has 2 unspecified atom stereocenters. The van der Waals surface area contributed by atoms with Crippen molar-refractivity contribution in [3.8, 4) is 11.5 Å². The number of hydrogen-bond acceptors (Lipinski definition) is 6. The molecular weight excluding hydrogens is 456 g/mol. The number of benzene rings is 3. The Kier molecular flexibility index (Phi) is 7.48. The third-order valence-corrected chi connectivity index (χ3v) is 6.62. The molecule has 0 bridgehead atoms. The van der Waals surface area contributed by atoms with Crippen molar-refractivity contribution in [1.29, 1.82) is 0 Å². The van der Waals surface area contributed by atoms with Gasteiger partial charge in [0.05, 0.1) is 44.2 Å². The van der Waals surface area contributed by atoms with E-state index in [4.69, 9.17) is 14.2 Å². The molecule has 188 valence electrons. The molecule has 0 fully saturated rings. The number of carbonyl (C=O) groups excluding carboxylic acids is 2. The van der Waals surface area contributed by atoms with Gasteiger partial charge in [-0.25, -0.2) is 4.79 Å². The molecule has 1 N–H and O–H groups in total. The minimum Gasteiger partial charge on any atom is -0.493 e. The summed E-state index contributed by atoms with van der Waals surface area (Å²) in [7, 11) is 3.03. The number of nitrogens with zero attached hydrogens (tertiary/aromatic N) is 1. The average Bonchev–Trinajstić information content (AvgIpc) is 2.90. The molecule has 3 aromatic rings. The molecule has 0 radical (unpaired) electrons. The van der Waals surface area contributed by atoms with Crippen molar-refractivity contribution in [2.75, 3.05) is 25.7 Å². The van der Waals surface area contributed by atoms with Crippen LogP contribution in [0.4, 0.5) is 10.5 Å². The van der Waals surface area contributed by atoms with Gasteiger partial charge in [-0.05, 0) is 42.7 Å². The molecule has 0 saturated heterocycles. The van der Waals surface area contributed by atoms with Crippen LogP contribution in [0.3, 0.4) is 0 Å². The number of Topliss-reactive ketones (excluding diaryl/α,β-unsaturated/α-hetero) is 1. The lowest BCUT2D eigenvalue weighted by molar-refractivity contribution is 0.102. The van der Waals surface area contributed by atoms with Crippen molar-refractivity contribution >= 4 is 28.3 Å². The molecule has 0 aromatic heterocycles. The summed E-state index contributed by atoms with van der Waals surface area (Å²) in [6.07, 6.45) is 2.02. The fraction of sp³-hybridized carbons (Fsp3) is 0.310. The van der Waals surface area contributed by atoms with Crippen molar-refractivity contribution in [2.24, 2.45) is 0 Å². The smallest absolute Gasteiger partial charge is 0.414 e. The van der Waals surface area contributed by atoms with E-state index in [1.807, 2.05) is 25.1 Å². The Morgan fingerprint density at radius 3 is 2.44 bits per heavy atom. The fourth-order valence-electron chi connectivity index (χ4n) is 4.75. The van der Waals surface area contributed by atoms with Crippen LogP contribution < -0.4 is 19.7 Å². The largest absolute Gasteiger partial charge is 0.493 e. The standard InChI is InChI=1S/C29H32N2O5/c1-6-24(21-14-10-12-19-11-8-9-13-20(19)21)30-17-23-18(3)31(29(33)36-7-2)25-16-27(35-5)26(34-4)15-22(25)28(23)32/h8-18,24,30H,6-7H2,1-5H3. The number of anilines is 1. The van der Waals surface area contributed by atoms with Crippen molar-refractivity contribution in [3.05, 3.63) is 77.5 Å². The minimum atomic E-state index is -0.556. The van der Waals surface area contributed by atoms with Gasteiger partial charge in [-0.3, -0.25) is 9.69 Å². The Morgan fingerprint density at radius 1 is 1.06 bits per heavy atom. The molecule has 7 nitrogen and oxygen atoms in total. The molecule has 2 atom stereocenters. The van der Waals surface area contributed by atoms with Crippen molar-refractivity contribution in [3.63, 3.8) is 0 Å². The Balaban J connectivity index is 1.77. The Labute approximate surface area is 211 Å². The number of ketones is 1. The van der Waals surface area contributed by atoms with E-state index in [1.165, 1.54) is 19.1 Å². The number of ether oxygens (including phenoxy) is 3. The van der Waals surface area contributed by atoms with Crippen LogP contribution in [0.1, 0.15) is 49.2 Å². The van der Waals surface area contributed by atoms with Crippen LogP contribution in [-0.2, 0) is 4.74 Å². The number of methoxy groups -OCH3 is 2. The maximum atomic E-state index is 13.7. The van der Waals surface area contributed by atoms with Crippen molar-refractivity contribution in [1.82, 2.24) is 5.32 Å². The monoisotopic (exact) mass is 488 g/mol. The molecule has 36 heavy (non-hydrogen) atoms. The topological polar surface area (TPSA) is 77.1 Å². The van der Waals surface area contributed by atoms with Crippen LogP contribution in [-0.4, -0.2) is 38.7 Å². The zero-order valence-corrected chi connectivity index (χ0v) is 21.3. The van der Waals surface area contributed by atoms with Gasteiger partial charge < -0.3 is 19.5 Å². The maximum absolute atomic E-state index is 13.7. The summed E-state index contributed by atoms with van der Waals surface area (Å²) in [5.41, 5.74) is 2.39. The van der Waals surface area contributed by atoms with E-state index < -0.39 is 12.1 Å². The first-order chi connectivity index (χ1) is 17.4. The second kappa shape index (κ2) is 10.7. The molecule has 1 aliphatic rings. The highest BCUT2D eigenvalue weighted by Gasteiger charge is 2.39. The van der Waals surface area contributed by atoms with Gasteiger partial charge in [-0.2, -0.15) is 0 Å². The van der Waals surface area contributed by atoms with E-state index in [0.717, 1.165) is 22.8 Å². The van der Waals surface area contributed by atoms with Gasteiger partial charge in [-0.15, -0.1) is 0 Å². The molecule has 1 amide bonds. The van der Waals surface area contributed by atoms with Gasteiger partial charge in [0.1, 0.15) is 0 Å². The Hall–Kier alpha value is -4.00. The molecule has 0 saturated carbocycles. The first-order valence-electron chi connectivity index (χ1n) is 12.2. The summed E-state index contributed by atoms with van der Waals surface area (Å²) in [6, 6.07) is 17.2. The van der Waals surface area contributed by atoms with Crippen molar-refractivity contribution < 1.29 is 23.8 Å². The van der Waals surface area contributed by atoms with Gasteiger partial charge in [-0.1, -0.05) is 49.4 Å². The summed E-state index contributed by atoms with van der Waals surface area (Å²) < 4.78 is 16.2. The van der Waals surface area contributed by atoms with E-state index >= 15 is 0 Å².